The first kappa shape index (κ1) is 13.8. The third-order valence-electron chi connectivity index (χ3n) is 3.19. The molecule has 0 aromatic heterocycles. The summed E-state index contributed by atoms with van der Waals surface area (Å²) in [5.41, 5.74) is 0.418. The van der Waals surface area contributed by atoms with Gasteiger partial charge in [0.2, 0.25) is 0 Å². The van der Waals surface area contributed by atoms with Crippen LogP contribution in [0.3, 0.4) is 0 Å². The highest BCUT2D eigenvalue weighted by molar-refractivity contribution is 9.10. The molecule has 1 aliphatic rings. The first-order valence-electron chi connectivity index (χ1n) is 5.85. The Morgan fingerprint density at radius 1 is 1.44 bits per heavy atom. The molecule has 18 heavy (non-hydrogen) atoms. The Bertz CT molecular complexity index is 458. The quantitative estimate of drug-likeness (QED) is 0.901. The van der Waals surface area contributed by atoms with Crippen LogP contribution >= 0.6 is 27.5 Å². The largest absolute Gasteiger partial charge is 0.381 e. The van der Waals surface area contributed by atoms with Crippen LogP contribution in [0.2, 0.25) is 5.02 Å². The van der Waals surface area contributed by atoms with Crippen molar-refractivity contribution < 1.29 is 9.53 Å². The van der Waals surface area contributed by atoms with Crippen molar-refractivity contribution in [1.82, 2.24) is 5.32 Å². The Balaban J connectivity index is 2.11. The molecule has 0 atom stereocenters. The van der Waals surface area contributed by atoms with E-state index in [9.17, 15) is 4.79 Å². The van der Waals surface area contributed by atoms with E-state index in [2.05, 4.69) is 28.2 Å². The van der Waals surface area contributed by atoms with Crippen molar-refractivity contribution in [3.8, 4) is 0 Å². The van der Waals surface area contributed by atoms with Gasteiger partial charge in [-0.05, 0) is 53.9 Å². The first-order valence-corrected chi connectivity index (χ1v) is 7.03. The van der Waals surface area contributed by atoms with Crippen molar-refractivity contribution in [2.24, 2.45) is 0 Å². The summed E-state index contributed by atoms with van der Waals surface area (Å²) in [6, 6.07) is 5.17. The predicted molar refractivity (Wildman–Crippen MR) is 75.1 cm³/mol. The van der Waals surface area contributed by atoms with Crippen LogP contribution in [-0.2, 0) is 4.74 Å². The van der Waals surface area contributed by atoms with Crippen LogP contribution in [0.5, 0.6) is 0 Å². The molecule has 0 bridgehead atoms. The van der Waals surface area contributed by atoms with Crippen LogP contribution in [0, 0.1) is 0 Å². The molecule has 0 unspecified atom stereocenters. The molecule has 5 heteroatoms. The summed E-state index contributed by atoms with van der Waals surface area (Å²) in [5.74, 6) is -0.0806. The zero-order valence-corrected chi connectivity index (χ0v) is 12.5. The zero-order chi connectivity index (χ0) is 13.2. The molecule has 1 heterocycles. The molecular formula is C13H15BrClNO2. The first-order chi connectivity index (χ1) is 8.50. The molecule has 1 amide bonds. The fraction of sp³-hybridized carbons (Fsp3) is 0.462. The third kappa shape index (κ3) is 3.25. The molecule has 2 rings (SSSR count). The van der Waals surface area contributed by atoms with Gasteiger partial charge in [-0.25, -0.2) is 0 Å². The van der Waals surface area contributed by atoms with E-state index in [1.54, 1.807) is 18.2 Å². The summed E-state index contributed by atoms with van der Waals surface area (Å²) in [5, 5.41) is 3.69. The molecule has 3 nitrogen and oxygen atoms in total. The van der Waals surface area contributed by atoms with Gasteiger partial charge < -0.3 is 10.1 Å². The van der Waals surface area contributed by atoms with Gasteiger partial charge in [0.05, 0.1) is 5.56 Å². The maximum atomic E-state index is 12.2. The van der Waals surface area contributed by atoms with Gasteiger partial charge in [-0.1, -0.05) is 11.6 Å². The van der Waals surface area contributed by atoms with Gasteiger partial charge >= 0.3 is 0 Å². The number of benzene rings is 1. The van der Waals surface area contributed by atoms with Crippen LogP contribution in [0.25, 0.3) is 0 Å². The van der Waals surface area contributed by atoms with E-state index < -0.39 is 0 Å². The summed E-state index contributed by atoms with van der Waals surface area (Å²) in [6.07, 6.45) is 1.67. The second kappa shape index (κ2) is 5.59. The minimum Gasteiger partial charge on any atom is -0.381 e. The number of carbonyl (C=O) groups excluding carboxylic acids is 1. The second-order valence-corrected chi connectivity index (χ2v) is 6.04. The van der Waals surface area contributed by atoms with Crippen LogP contribution < -0.4 is 5.32 Å². The van der Waals surface area contributed by atoms with Gasteiger partial charge in [-0.2, -0.15) is 0 Å². The van der Waals surface area contributed by atoms with Gasteiger partial charge in [-0.3, -0.25) is 4.79 Å². The van der Waals surface area contributed by atoms with Gasteiger partial charge in [0.25, 0.3) is 5.91 Å². The van der Waals surface area contributed by atoms with E-state index in [0.29, 0.717) is 28.3 Å². The maximum Gasteiger partial charge on any atom is 0.252 e. The molecule has 0 radical (unpaired) electrons. The lowest BCUT2D eigenvalue weighted by Crippen LogP contribution is -2.49. The number of nitrogens with one attached hydrogen (secondary N) is 1. The molecule has 1 saturated heterocycles. The highest BCUT2D eigenvalue weighted by Gasteiger charge is 2.29. The lowest BCUT2D eigenvalue weighted by molar-refractivity contribution is 0.0422. The number of hydrogen-bond acceptors (Lipinski definition) is 2. The molecule has 1 N–H and O–H groups in total. The number of halogens is 2. The Morgan fingerprint density at radius 3 is 2.72 bits per heavy atom. The SMILES string of the molecule is CC1(NC(=O)c2ccc(Cl)cc2Br)CCOCC1. The van der Waals surface area contributed by atoms with Gasteiger partial charge in [-0.15, -0.1) is 0 Å². The molecule has 1 fully saturated rings. The van der Waals surface area contributed by atoms with Gasteiger partial charge in [0.1, 0.15) is 0 Å². The van der Waals surface area contributed by atoms with Crippen LogP contribution in [0.1, 0.15) is 30.1 Å². The number of hydrogen-bond donors (Lipinski definition) is 1. The van der Waals surface area contributed by atoms with Crippen molar-refractivity contribution in [2.45, 2.75) is 25.3 Å². The fourth-order valence-corrected chi connectivity index (χ4v) is 2.82. The number of ether oxygens (including phenoxy) is 1. The Kier molecular flexibility index (Phi) is 4.30. The summed E-state index contributed by atoms with van der Waals surface area (Å²) in [7, 11) is 0. The molecule has 98 valence electrons. The van der Waals surface area contributed by atoms with E-state index in [4.69, 9.17) is 16.3 Å². The third-order valence-corrected chi connectivity index (χ3v) is 4.08. The van der Waals surface area contributed by atoms with E-state index in [0.717, 1.165) is 12.8 Å². The zero-order valence-electron chi connectivity index (χ0n) is 10.1. The highest BCUT2D eigenvalue weighted by Crippen LogP contribution is 2.24. The highest BCUT2D eigenvalue weighted by atomic mass is 79.9. The molecule has 1 aromatic carbocycles. The summed E-state index contributed by atoms with van der Waals surface area (Å²) >= 11 is 9.22. The van der Waals surface area contributed by atoms with Crippen LogP contribution in [-0.4, -0.2) is 24.7 Å². The second-order valence-electron chi connectivity index (χ2n) is 4.75. The smallest absolute Gasteiger partial charge is 0.252 e. The topological polar surface area (TPSA) is 38.3 Å². The van der Waals surface area contributed by atoms with Crippen molar-refractivity contribution in [3.05, 3.63) is 33.3 Å². The minimum atomic E-state index is -0.186. The van der Waals surface area contributed by atoms with Crippen molar-refractivity contribution in [3.63, 3.8) is 0 Å². The van der Waals surface area contributed by atoms with E-state index >= 15 is 0 Å². The molecule has 1 aliphatic heterocycles. The average Bonchev–Trinajstić information content (AvgIpc) is 2.28. The normalized spacial score (nSPS) is 18.4. The number of carbonyl (C=O) groups is 1. The number of rotatable bonds is 2. The molecule has 0 aliphatic carbocycles. The summed E-state index contributed by atoms with van der Waals surface area (Å²) < 4.78 is 6.02. The Morgan fingerprint density at radius 2 is 2.11 bits per heavy atom. The molecule has 0 spiro atoms. The molecule has 0 saturated carbocycles. The predicted octanol–water partition coefficient (Wildman–Crippen LogP) is 3.40. The van der Waals surface area contributed by atoms with E-state index in [-0.39, 0.29) is 11.4 Å². The average molecular weight is 333 g/mol. The lowest BCUT2D eigenvalue weighted by atomic mass is 9.92. The Hall–Kier alpha value is -0.580. The van der Waals surface area contributed by atoms with Gasteiger partial charge in [0.15, 0.2) is 0 Å². The standard InChI is InChI=1S/C13H15BrClNO2/c1-13(4-6-18-7-5-13)16-12(17)10-3-2-9(15)8-11(10)14/h2-3,8H,4-7H2,1H3,(H,16,17). The van der Waals surface area contributed by atoms with E-state index in [1.807, 2.05) is 0 Å². The fourth-order valence-electron chi connectivity index (χ4n) is 1.96. The Labute approximate surface area is 120 Å². The number of amides is 1. The van der Waals surface area contributed by atoms with Crippen molar-refractivity contribution in [2.75, 3.05) is 13.2 Å². The minimum absolute atomic E-state index is 0.0806. The monoisotopic (exact) mass is 331 g/mol. The molecule has 1 aromatic rings. The summed E-state index contributed by atoms with van der Waals surface area (Å²) in [6.45, 7) is 3.44. The maximum absolute atomic E-state index is 12.2. The lowest BCUT2D eigenvalue weighted by Gasteiger charge is -2.34. The van der Waals surface area contributed by atoms with Crippen molar-refractivity contribution in [1.29, 1.82) is 0 Å². The summed E-state index contributed by atoms with van der Waals surface area (Å²) in [4.78, 5) is 12.2. The van der Waals surface area contributed by atoms with Crippen LogP contribution in [0.15, 0.2) is 22.7 Å². The van der Waals surface area contributed by atoms with E-state index in [1.165, 1.54) is 0 Å². The van der Waals surface area contributed by atoms with Crippen molar-refractivity contribution >= 4 is 33.4 Å². The molecular weight excluding hydrogens is 318 g/mol. The van der Waals surface area contributed by atoms with Crippen LogP contribution in [0.4, 0.5) is 0 Å². The van der Waals surface area contributed by atoms with Gasteiger partial charge in [0, 0.05) is 28.2 Å².